The number of anilines is 2. The highest BCUT2D eigenvalue weighted by Crippen LogP contribution is 2.47. The van der Waals surface area contributed by atoms with E-state index in [1.807, 2.05) is 24.3 Å². The number of nitrogens with one attached hydrogen (secondary N) is 1. The van der Waals surface area contributed by atoms with Crippen LogP contribution in [0.25, 0.3) is 0 Å². The zero-order chi connectivity index (χ0) is 15.3. The molecule has 1 amide bonds. The minimum atomic E-state index is -0.466. The van der Waals surface area contributed by atoms with E-state index in [-0.39, 0.29) is 5.91 Å². The molecule has 2 aliphatic rings. The predicted octanol–water partition coefficient (Wildman–Crippen LogP) is 1.76. The van der Waals surface area contributed by atoms with Gasteiger partial charge in [-0.05, 0) is 60.2 Å². The van der Waals surface area contributed by atoms with Gasteiger partial charge in [-0.1, -0.05) is 24.3 Å². The van der Waals surface area contributed by atoms with Crippen molar-refractivity contribution in [2.75, 3.05) is 17.6 Å². The quantitative estimate of drug-likeness (QED) is 0.738. The van der Waals surface area contributed by atoms with Crippen LogP contribution < -0.4 is 16.8 Å². The van der Waals surface area contributed by atoms with Crippen molar-refractivity contribution in [1.82, 2.24) is 0 Å². The predicted molar refractivity (Wildman–Crippen MR) is 87.8 cm³/mol. The Balaban J connectivity index is 1.80. The Morgan fingerprint density at radius 1 is 1.14 bits per heavy atom. The number of benzene rings is 2. The number of rotatable bonds is 2. The molecule has 1 heterocycles. The van der Waals surface area contributed by atoms with Gasteiger partial charge in [0.1, 0.15) is 0 Å². The van der Waals surface area contributed by atoms with Crippen molar-refractivity contribution in [3.63, 3.8) is 0 Å². The van der Waals surface area contributed by atoms with Crippen LogP contribution in [0, 0.1) is 0 Å². The van der Waals surface area contributed by atoms with E-state index in [4.69, 9.17) is 11.5 Å². The fourth-order valence-electron chi connectivity index (χ4n) is 3.90. The average Bonchev–Trinajstić information content (AvgIpc) is 2.99. The minimum absolute atomic E-state index is 0.101. The molecule has 4 nitrogen and oxygen atoms in total. The lowest BCUT2D eigenvalue weighted by atomic mass is 9.79. The van der Waals surface area contributed by atoms with E-state index >= 15 is 0 Å². The highest BCUT2D eigenvalue weighted by Gasteiger charge is 2.50. The van der Waals surface area contributed by atoms with E-state index in [0.717, 1.165) is 41.8 Å². The summed E-state index contributed by atoms with van der Waals surface area (Å²) in [5, 5.41) is 3.03. The van der Waals surface area contributed by atoms with Crippen LogP contribution >= 0.6 is 0 Å². The van der Waals surface area contributed by atoms with Gasteiger partial charge in [0, 0.05) is 11.4 Å². The molecule has 0 unspecified atom stereocenters. The van der Waals surface area contributed by atoms with E-state index in [1.165, 1.54) is 11.1 Å². The van der Waals surface area contributed by atoms with Crippen molar-refractivity contribution < 1.29 is 4.79 Å². The lowest BCUT2D eigenvalue weighted by molar-refractivity contribution is -0.120. The Labute approximate surface area is 129 Å². The second-order valence-corrected chi connectivity index (χ2v) is 6.29. The molecule has 112 valence electrons. The summed E-state index contributed by atoms with van der Waals surface area (Å²) in [6.45, 7) is 0.581. The summed E-state index contributed by atoms with van der Waals surface area (Å²) in [4.78, 5) is 12.7. The first kappa shape index (κ1) is 13.3. The van der Waals surface area contributed by atoms with Gasteiger partial charge in [-0.3, -0.25) is 4.79 Å². The summed E-state index contributed by atoms with van der Waals surface area (Å²) in [7, 11) is 0. The minimum Gasteiger partial charge on any atom is -0.398 e. The summed E-state index contributed by atoms with van der Waals surface area (Å²) in [6, 6.07) is 12.2. The lowest BCUT2D eigenvalue weighted by Crippen LogP contribution is -2.35. The van der Waals surface area contributed by atoms with Gasteiger partial charge in [0.05, 0.1) is 5.41 Å². The van der Waals surface area contributed by atoms with Crippen molar-refractivity contribution in [2.45, 2.75) is 24.7 Å². The normalized spacial score (nSPS) is 21.8. The molecule has 0 saturated carbocycles. The SMILES string of the molecule is NCCc1cc2c(cc1N)C[C@]1(C2)C(=O)Nc2ccccc21. The first-order valence-corrected chi connectivity index (χ1v) is 7.65. The molecule has 2 aromatic rings. The zero-order valence-corrected chi connectivity index (χ0v) is 12.4. The van der Waals surface area contributed by atoms with Crippen LogP contribution in [0.5, 0.6) is 0 Å². The number of nitrogens with two attached hydrogens (primary N) is 2. The molecule has 2 aromatic carbocycles. The number of hydrogen-bond acceptors (Lipinski definition) is 3. The van der Waals surface area contributed by atoms with Crippen molar-refractivity contribution in [2.24, 2.45) is 5.73 Å². The molecular weight excluding hydrogens is 274 g/mol. The molecule has 1 aliphatic carbocycles. The molecule has 0 saturated heterocycles. The average molecular weight is 293 g/mol. The molecule has 0 bridgehead atoms. The van der Waals surface area contributed by atoms with Gasteiger partial charge >= 0.3 is 0 Å². The van der Waals surface area contributed by atoms with Crippen LogP contribution in [-0.2, 0) is 29.5 Å². The first-order chi connectivity index (χ1) is 10.6. The molecule has 0 aromatic heterocycles. The van der Waals surface area contributed by atoms with E-state index in [1.54, 1.807) is 0 Å². The summed E-state index contributed by atoms with van der Waals surface area (Å²) < 4.78 is 0. The van der Waals surface area contributed by atoms with Gasteiger partial charge in [-0.15, -0.1) is 0 Å². The van der Waals surface area contributed by atoms with Crippen LogP contribution in [0.1, 0.15) is 22.3 Å². The Kier molecular flexibility index (Phi) is 2.78. The molecule has 22 heavy (non-hydrogen) atoms. The molecule has 1 atom stereocenters. The number of para-hydroxylation sites is 1. The van der Waals surface area contributed by atoms with Crippen molar-refractivity contribution in [3.05, 3.63) is 58.7 Å². The fourth-order valence-corrected chi connectivity index (χ4v) is 3.90. The highest BCUT2D eigenvalue weighted by atomic mass is 16.2. The molecule has 4 heteroatoms. The Bertz CT molecular complexity index is 784. The number of nitrogen functional groups attached to an aromatic ring is 1. The van der Waals surface area contributed by atoms with Gasteiger partial charge < -0.3 is 16.8 Å². The molecule has 4 rings (SSSR count). The number of amides is 1. The molecule has 0 radical (unpaired) electrons. The standard InChI is InChI=1S/C18H19N3O/c19-6-5-11-7-12-9-18(10-13(12)8-15(11)20)14-3-1-2-4-16(14)21-17(18)22/h1-4,7-8H,5-6,9-10,19-20H2,(H,21,22)/t18-/m0/s1. The maximum atomic E-state index is 12.7. The summed E-state index contributed by atoms with van der Waals surface area (Å²) in [6.07, 6.45) is 2.23. The van der Waals surface area contributed by atoms with E-state index < -0.39 is 5.41 Å². The van der Waals surface area contributed by atoms with Crippen LogP contribution in [0.4, 0.5) is 11.4 Å². The lowest BCUT2D eigenvalue weighted by Gasteiger charge is -2.20. The van der Waals surface area contributed by atoms with Crippen molar-refractivity contribution >= 4 is 17.3 Å². The van der Waals surface area contributed by atoms with E-state index in [9.17, 15) is 4.79 Å². The first-order valence-electron chi connectivity index (χ1n) is 7.65. The van der Waals surface area contributed by atoms with Gasteiger partial charge in [0.15, 0.2) is 0 Å². The molecule has 1 spiro atoms. The van der Waals surface area contributed by atoms with Crippen LogP contribution in [0.2, 0.25) is 0 Å². The molecule has 5 N–H and O–H groups in total. The van der Waals surface area contributed by atoms with Gasteiger partial charge in [-0.25, -0.2) is 0 Å². The maximum Gasteiger partial charge on any atom is 0.235 e. The van der Waals surface area contributed by atoms with Gasteiger partial charge in [0.25, 0.3) is 0 Å². The second kappa shape index (κ2) is 4.58. The summed E-state index contributed by atoms with van der Waals surface area (Å²) in [5.74, 6) is 0.101. The molecular formula is C18H19N3O. The summed E-state index contributed by atoms with van der Waals surface area (Å²) >= 11 is 0. The van der Waals surface area contributed by atoms with E-state index in [2.05, 4.69) is 17.4 Å². The third-order valence-corrected chi connectivity index (χ3v) is 4.99. The third kappa shape index (κ3) is 1.70. The zero-order valence-electron chi connectivity index (χ0n) is 12.4. The number of carbonyl (C=O) groups excluding carboxylic acids is 1. The molecule has 0 fully saturated rings. The Hall–Kier alpha value is -2.33. The monoisotopic (exact) mass is 293 g/mol. The molecule has 1 aliphatic heterocycles. The van der Waals surface area contributed by atoms with E-state index in [0.29, 0.717) is 6.54 Å². The van der Waals surface area contributed by atoms with Crippen molar-refractivity contribution in [1.29, 1.82) is 0 Å². The van der Waals surface area contributed by atoms with Crippen molar-refractivity contribution in [3.8, 4) is 0 Å². The smallest absolute Gasteiger partial charge is 0.235 e. The topological polar surface area (TPSA) is 81.1 Å². The van der Waals surface area contributed by atoms with Gasteiger partial charge in [-0.2, -0.15) is 0 Å². The second-order valence-electron chi connectivity index (χ2n) is 6.29. The summed E-state index contributed by atoms with van der Waals surface area (Å²) in [5.41, 5.74) is 17.7. The number of carbonyl (C=O) groups is 1. The van der Waals surface area contributed by atoms with Crippen LogP contribution in [0.3, 0.4) is 0 Å². The van der Waals surface area contributed by atoms with Crippen LogP contribution in [-0.4, -0.2) is 12.5 Å². The maximum absolute atomic E-state index is 12.7. The Morgan fingerprint density at radius 2 is 1.86 bits per heavy atom. The fraction of sp³-hybridized carbons (Fsp3) is 0.278. The van der Waals surface area contributed by atoms with Crippen LogP contribution in [0.15, 0.2) is 36.4 Å². The third-order valence-electron chi connectivity index (χ3n) is 4.99. The Morgan fingerprint density at radius 3 is 2.64 bits per heavy atom. The number of fused-ring (bicyclic) bond motifs is 3. The largest absolute Gasteiger partial charge is 0.398 e. The highest BCUT2D eigenvalue weighted by molar-refractivity contribution is 6.07. The number of hydrogen-bond donors (Lipinski definition) is 3. The van der Waals surface area contributed by atoms with Gasteiger partial charge in [0.2, 0.25) is 5.91 Å².